The number of carbonyl (C=O) groups is 2. The molecule has 2 amide bonds. The molecule has 2 N–H and O–H groups in total. The summed E-state index contributed by atoms with van der Waals surface area (Å²) >= 11 is 3.38. The van der Waals surface area contributed by atoms with E-state index in [4.69, 9.17) is 9.84 Å². The van der Waals surface area contributed by atoms with E-state index in [0.717, 1.165) is 10.0 Å². The molecule has 0 saturated carbocycles. The number of carbonyl (C=O) groups excluding carboxylic acids is 1. The average molecular weight is 345 g/mol. The largest absolute Gasteiger partial charge is 0.480 e. The van der Waals surface area contributed by atoms with Crippen molar-refractivity contribution in [2.75, 3.05) is 32.1 Å². The molecule has 0 aliphatic heterocycles. The third-order valence-electron chi connectivity index (χ3n) is 2.69. The first-order chi connectivity index (χ1) is 9.45. The van der Waals surface area contributed by atoms with Crippen molar-refractivity contribution in [1.82, 2.24) is 4.90 Å². The fourth-order valence-corrected chi connectivity index (χ4v) is 1.92. The molecular weight excluding hydrogens is 328 g/mol. The highest BCUT2D eigenvalue weighted by Gasteiger charge is 2.17. The molecule has 110 valence electrons. The molecule has 0 aliphatic carbocycles. The molecule has 0 atom stereocenters. The van der Waals surface area contributed by atoms with E-state index >= 15 is 0 Å². The highest BCUT2D eigenvalue weighted by atomic mass is 79.9. The standard InChI is InChI=1S/C13H17BrN2O4/c1-9-10(14)4-3-5-11(9)15-13(19)16(6-7-20-2)8-12(17)18/h3-5H,6-8H2,1-2H3,(H,15,19)(H,17,18). The Morgan fingerprint density at radius 3 is 2.75 bits per heavy atom. The van der Waals surface area contributed by atoms with Gasteiger partial charge < -0.3 is 20.1 Å². The summed E-state index contributed by atoms with van der Waals surface area (Å²) in [7, 11) is 1.50. The van der Waals surface area contributed by atoms with Gasteiger partial charge in [0.1, 0.15) is 6.54 Å². The lowest BCUT2D eigenvalue weighted by molar-refractivity contribution is -0.137. The lowest BCUT2D eigenvalue weighted by Gasteiger charge is -2.21. The first-order valence-electron chi connectivity index (χ1n) is 5.97. The number of methoxy groups -OCH3 is 1. The molecular formula is C13H17BrN2O4. The number of halogens is 1. The quantitative estimate of drug-likeness (QED) is 0.829. The number of benzene rings is 1. The second-order valence-electron chi connectivity index (χ2n) is 4.15. The van der Waals surface area contributed by atoms with Crippen molar-refractivity contribution in [2.24, 2.45) is 0 Å². The number of urea groups is 1. The Hall–Kier alpha value is -1.60. The summed E-state index contributed by atoms with van der Waals surface area (Å²) < 4.78 is 5.75. The van der Waals surface area contributed by atoms with Gasteiger partial charge in [-0.2, -0.15) is 0 Å². The number of carboxylic acids is 1. The Bertz CT molecular complexity index is 493. The molecule has 0 heterocycles. The maximum absolute atomic E-state index is 12.1. The van der Waals surface area contributed by atoms with Crippen LogP contribution in [0.4, 0.5) is 10.5 Å². The number of amides is 2. The predicted molar refractivity (Wildman–Crippen MR) is 79.0 cm³/mol. The van der Waals surface area contributed by atoms with Crippen LogP contribution >= 0.6 is 15.9 Å². The van der Waals surface area contributed by atoms with Gasteiger partial charge >= 0.3 is 12.0 Å². The number of rotatable bonds is 6. The fraction of sp³-hybridized carbons (Fsp3) is 0.385. The molecule has 1 rings (SSSR count). The molecule has 1 aromatic carbocycles. The zero-order chi connectivity index (χ0) is 15.1. The molecule has 20 heavy (non-hydrogen) atoms. The Balaban J connectivity index is 2.79. The van der Waals surface area contributed by atoms with Crippen molar-refractivity contribution >= 4 is 33.6 Å². The number of hydrogen-bond acceptors (Lipinski definition) is 3. The van der Waals surface area contributed by atoms with E-state index in [0.29, 0.717) is 5.69 Å². The Labute approximate surface area is 125 Å². The second kappa shape index (κ2) is 7.86. The number of carboxylic acid groups (broad SMARTS) is 1. The molecule has 0 aliphatic rings. The van der Waals surface area contributed by atoms with E-state index < -0.39 is 12.0 Å². The van der Waals surface area contributed by atoms with Gasteiger partial charge in [-0.25, -0.2) is 4.79 Å². The summed E-state index contributed by atoms with van der Waals surface area (Å²) in [6, 6.07) is 4.95. The van der Waals surface area contributed by atoms with Gasteiger partial charge in [-0.05, 0) is 24.6 Å². The topological polar surface area (TPSA) is 78.9 Å². The van der Waals surface area contributed by atoms with Crippen molar-refractivity contribution < 1.29 is 19.4 Å². The zero-order valence-corrected chi connectivity index (χ0v) is 12.9. The average Bonchev–Trinajstić information content (AvgIpc) is 2.39. The van der Waals surface area contributed by atoms with E-state index in [1.165, 1.54) is 12.0 Å². The van der Waals surface area contributed by atoms with Crippen molar-refractivity contribution in [3.63, 3.8) is 0 Å². The summed E-state index contributed by atoms with van der Waals surface area (Å²) in [6.07, 6.45) is 0. The highest BCUT2D eigenvalue weighted by molar-refractivity contribution is 9.10. The van der Waals surface area contributed by atoms with Crippen LogP contribution in [0.25, 0.3) is 0 Å². The van der Waals surface area contributed by atoms with Gasteiger partial charge in [0.25, 0.3) is 0 Å². The van der Waals surface area contributed by atoms with Crippen molar-refractivity contribution in [3.05, 3.63) is 28.2 Å². The molecule has 1 aromatic rings. The second-order valence-corrected chi connectivity index (χ2v) is 5.00. The van der Waals surface area contributed by atoms with Crippen molar-refractivity contribution in [2.45, 2.75) is 6.92 Å². The van der Waals surface area contributed by atoms with E-state index in [9.17, 15) is 9.59 Å². The third-order valence-corrected chi connectivity index (χ3v) is 3.55. The molecule has 7 heteroatoms. The molecule has 0 spiro atoms. The molecule has 0 fully saturated rings. The summed E-state index contributed by atoms with van der Waals surface area (Å²) in [4.78, 5) is 24.1. The first-order valence-corrected chi connectivity index (χ1v) is 6.76. The van der Waals surface area contributed by atoms with Gasteiger partial charge in [0.15, 0.2) is 0 Å². The predicted octanol–water partition coefficient (Wildman–Crippen LogP) is 2.32. The number of anilines is 1. The van der Waals surface area contributed by atoms with Crippen LogP contribution in [-0.4, -0.2) is 48.8 Å². The van der Waals surface area contributed by atoms with Crippen LogP contribution in [0.1, 0.15) is 5.56 Å². The number of hydrogen-bond donors (Lipinski definition) is 2. The SMILES string of the molecule is COCCN(CC(=O)O)C(=O)Nc1cccc(Br)c1C. The molecule has 0 radical (unpaired) electrons. The van der Waals surface area contributed by atoms with Gasteiger partial charge in [0, 0.05) is 23.8 Å². The highest BCUT2D eigenvalue weighted by Crippen LogP contribution is 2.23. The first kappa shape index (κ1) is 16.5. The lowest BCUT2D eigenvalue weighted by atomic mass is 10.2. The van der Waals surface area contributed by atoms with E-state index in [1.54, 1.807) is 12.1 Å². The number of nitrogens with one attached hydrogen (secondary N) is 1. The van der Waals surface area contributed by atoms with Crippen LogP contribution in [0.2, 0.25) is 0 Å². The third kappa shape index (κ3) is 4.82. The fourth-order valence-electron chi connectivity index (χ4n) is 1.55. The minimum Gasteiger partial charge on any atom is -0.480 e. The summed E-state index contributed by atoms with van der Waals surface area (Å²) in [5, 5.41) is 11.5. The summed E-state index contributed by atoms with van der Waals surface area (Å²) in [5.74, 6) is -1.07. The van der Waals surface area contributed by atoms with Crippen molar-refractivity contribution in [3.8, 4) is 0 Å². The van der Waals surface area contributed by atoms with Gasteiger partial charge in [-0.3, -0.25) is 4.79 Å². The van der Waals surface area contributed by atoms with Gasteiger partial charge in [0.2, 0.25) is 0 Å². The maximum atomic E-state index is 12.1. The van der Waals surface area contributed by atoms with Crippen LogP contribution < -0.4 is 5.32 Å². The smallest absolute Gasteiger partial charge is 0.323 e. The summed E-state index contributed by atoms with van der Waals surface area (Å²) in [5.41, 5.74) is 1.51. The molecule has 0 bridgehead atoms. The monoisotopic (exact) mass is 344 g/mol. The Morgan fingerprint density at radius 1 is 1.45 bits per heavy atom. The molecule has 0 saturated heterocycles. The maximum Gasteiger partial charge on any atom is 0.323 e. The van der Waals surface area contributed by atoms with E-state index in [2.05, 4.69) is 21.2 Å². The Kier molecular flexibility index (Phi) is 6.47. The van der Waals surface area contributed by atoms with Gasteiger partial charge in [-0.1, -0.05) is 22.0 Å². The molecule has 0 unspecified atom stereocenters. The van der Waals surface area contributed by atoms with Crippen LogP contribution in [-0.2, 0) is 9.53 Å². The van der Waals surface area contributed by atoms with Crippen molar-refractivity contribution in [1.29, 1.82) is 0 Å². The minimum atomic E-state index is -1.07. The lowest BCUT2D eigenvalue weighted by Crippen LogP contribution is -2.40. The van der Waals surface area contributed by atoms with Gasteiger partial charge in [0.05, 0.1) is 6.61 Å². The van der Waals surface area contributed by atoms with Crippen LogP contribution in [0, 0.1) is 6.92 Å². The Morgan fingerprint density at radius 2 is 2.15 bits per heavy atom. The van der Waals surface area contributed by atoms with E-state index in [1.807, 2.05) is 13.0 Å². The molecule has 0 aromatic heterocycles. The molecule has 6 nitrogen and oxygen atoms in total. The summed E-state index contributed by atoms with van der Waals surface area (Å²) in [6.45, 7) is 1.97. The van der Waals surface area contributed by atoms with E-state index in [-0.39, 0.29) is 19.7 Å². The normalized spacial score (nSPS) is 10.2. The van der Waals surface area contributed by atoms with Crippen LogP contribution in [0.3, 0.4) is 0 Å². The number of nitrogens with zero attached hydrogens (tertiary/aromatic N) is 1. The van der Waals surface area contributed by atoms with Crippen LogP contribution in [0.5, 0.6) is 0 Å². The number of aliphatic carboxylic acids is 1. The zero-order valence-electron chi connectivity index (χ0n) is 11.4. The number of ether oxygens (including phenoxy) is 1. The van der Waals surface area contributed by atoms with Crippen LogP contribution in [0.15, 0.2) is 22.7 Å². The minimum absolute atomic E-state index is 0.210. The van der Waals surface area contributed by atoms with Gasteiger partial charge in [-0.15, -0.1) is 0 Å².